The van der Waals surface area contributed by atoms with Crippen molar-refractivity contribution in [1.29, 1.82) is 0 Å². The third-order valence-electron chi connectivity index (χ3n) is 1.93. The van der Waals surface area contributed by atoms with Crippen LogP contribution in [0.4, 0.5) is 0 Å². The minimum absolute atomic E-state index is 0.364. The smallest absolute Gasteiger partial charge is 0.0552 e. The molecule has 70 valence electrons. The number of aliphatic hydroxyl groups excluding tert-OH is 1. The van der Waals surface area contributed by atoms with E-state index >= 15 is 0 Å². The van der Waals surface area contributed by atoms with Gasteiger partial charge in [0.25, 0.3) is 0 Å². The van der Waals surface area contributed by atoms with Crippen molar-refractivity contribution in [3.8, 4) is 24.7 Å². The average Bonchev–Trinajstić information content (AvgIpc) is 2.16. The summed E-state index contributed by atoms with van der Waals surface area (Å²) in [4.78, 5) is 0. The number of rotatable bonds is 2. The topological polar surface area (TPSA) is 20.2 Å². The van der Waals surface area contributed by atoms with E-state index in [0.29, 0.717) is 12.0 Å². The van der Waals surface area contributed by atoms with Crippen molar-refractivity contribution >= 4 is 0 Å². The van der Waals surface area contributed by atoms with E-state index in [2.05, 4.69) is 11.8 Å². The van der Waals surface area contributed by atoms with Gasteiger partial charge in [-0.25, -0.2) is 0 Å². The van der Waals surface area contributed by atoms with Crippen LogP contribution in [-0.4, -0.2) is 11.2 Å². The van der Waals surface area contributed by atoms with E-state index in [4.69, 9.17) is 12.8 Å². The van der Waals surface area contributed by atoms with Crippen LogP contribution in [0.3, 0.4) is 0 Å². The zero-order chi connectivity index (χ0) is 10.6. The molecule has 0 fully saturated rings. The molecule has 1 N–H and O–H groups in total. The molecule has 0 heterocycles. The molecule has 1 unspecified atom stereocenters. The number of aliphatic hydroxyl groups is 1. The summed E-state index contributed by atoms with van der Waals surface area (Å²) in [6.45, 7) is 1.74. The second kappa shape index (κ2) is 4.51. The molecule has 1 aromatic carbocycles. The van der Waals surface area contributed by atoms with Gasteiger partial charge in [-0.1, -0.05) is 17.9 Å². The lowest BCUT2D eigenvalue weighted by atomic mass is 10.0. The summed E-state index contributed by atoms with van der Waals surface area (Å²) in [5, 5.41) is 9.20. The zero-order valence-electron chi connectivity index (χ0n) is 8.12. The number of hydrogen-bond donors (Lipinski definition) is 1. The molecule has 0 bridgehead atoms. The van der Waals surface area contributed by atoms with Crippen LogP contribution in [0.25, 0.3) is 0 Å². The number of hydrogen-bond acceptors (Lipinski definition) is 1. The van der Waals surface area contributed by atoms with E-state index in [0.717, 1.165) is 11.1 Å². The fourth-order valence-electron chi connectivity index (χ4n) is 1.30. The Hall–Kier alpha value is -1.70. The molecule has 0 radical (unpaired) electrons. The average molecular weight is 184 g/mol. The first kappa shape index (κ1) is 10.4. The molecule has 0 amide bonds. The Balaban J connectivity index is 3.05. The first-order chi connectivity index (χ1) is 6.67. The standard InChI is InChI=1S/C13H12O/c1-4-12-7-6-11(8-10(3)14)9-13(12)5-2/h1-2,6-7,9-10,14H,8H2,3H3. The summed E-state index contributed by atoms with van der Waals surface area (Å²) in [6.07, 6.45) is 10.8. The van der Waals surface area contributed by atoms with Crippen LogP contribution in [0.2, 0.25) is 0 Å². The SMILES string of the molecule is C#Cc1ccc(CC(C)O)cc1C#C. The molecule has 0 spiro atoms. The van der Waals surface area contributed by atoms with Gasteiger partial charge in [0.2, 0.25) is 0 Å². The fraction of sp³-hybridized carbons (Fsp3) is 0.231. The molecular formula is C13H12O. The first-order valence-electron chi connectivity index (χ1n) is 4.41. The second-order valence-electron chi connectivity index (χ2n) is 3.22. The van der Waals surface area contributed by atoms with Gasteiger partial charge < -0.3 is 5.11 Å². The van der Waals surface area contributed by atoms with Crippen molar-refractivity contribution in [1.82, 2.24) is 0 Å². The highest BCUT2D eigenvalue weighted by Gasteiger charge is 2.02. The third-order valence-corrected chi connectivity index (χ3v) is 1.93. The molecular weight excluding hydrogens is 172 g/mol. The van der Waals surface area contributed by atoms with E-state index in [1.807, 2.05) is 18.2 Å². The van der Waals surface area contributed by atoms with Crippen molar-refractivity contribution in [3.63, 3.8) is 0 Å². The van der Waals surface area contributed by atoms with Gasteiger partial charge in [0, 0.05) is 11.1 Å². The molecule has 0 saturated heterocycles. The minimum Gasteiger partial charge on any atom is -0.393 e. The van der Waals surface area contributed by atoms with Crippen LogP contribution in [0.5, 0.6) is 0 Å². The van der Waals surface area contributed by atoms with Gasteiger partial charge in [-0.15, -0.1) is 12.8 Å². The van der Waals surface area contributed by atoms with E-state index in [9.17, 15) is 5.11 Å². The summed E-state index contributed by atoms with van der Waals surface area (Å²) in [6, 6.07) is 5.55. The quantitative estimate of drug-likeness (QED) is 0.692. The van der Waals surface area contributed by atoms with Crippen LogP contribution < -0.4 is 0 Å². The fourth-order valence-corrected chi connectivity index (χ4v) is 1.30. The van der Waals surface area contributed by atoms with Crippen molar-refractivity contribution in [2.45, 2.75) is 19.4 Å². The normalized spacial score (nSPS) is 11.4. The van der Waals surface area contributed by atoms with Crippen molar-refractivity contribution in [2.75, 3.05) is 0 Å². The maximum Gasteiger partial charge on any atom is 0.0552 e. The minimum atomic E-state index is -0.364. The lowest BCUT2D eigenvalue weighted by molar-refractivity contribution is 0.195. The summed E-state index contributed by atoms with van der Waals surface area (Å²) < 4.78 is 0. The monoisotopic (exact) mass is 184 g/mol. The summed E-state index contributed by atoms with van der Waals surface area (Å²) in [7, 11) is 0. The molecule has 1 nitrogen and oxygen atoms in total. The van der Waals surface area contributed by atoms with Crippen LogP contribution in [-0.2, 0) is 6.42 Å². The van der Waals surface area contributed by atoms with Gasteiger partial charge in [0.05, 0.1) is 6.10 Å². The molecule has 0 aliphatic carbocycles. The lowest BCUT2D eigenvalue weighted by Crippen LogP contribution is -2.04. The summed E-state index contributed by atoms with van der Waals surface area (Å²) in [5.74, 6) is 5.06. The number of benzene rings is 1. The largest absolute Gasteiger partial charge is 0.393 e. The van der Waals surface area contributed by atoms with Gasteiger partial charge in [-0.3, -0.25) is 0 Å². The van der Waals surface area contributed by atoms with E-state index < -0.39 is 0 Å². The van der Waals surface area contributed by atoms with Crippen LogP contribution in [0.1, 0.15) is 23.6 Å². The Morgan fingerprint density at radius 3 is 2.43 bits per heavy atom. The highest BCUT2D eigenvalue weighted by Crippen LogP contribution is 2.11. The van der Waals surface area contributed by atoms with E-state index in [-0.39, 0.29) is 6.10 Å². The second-order valence-corrected chi connectivity index (χ2v) is 3.22. The molecule has 1 rings (SSSR count). The first-order valence-corrected chi connectivity index (χ1v) is 4.41. The summed E-state index contributed by atoms with van der Waals surface area (Å²) >= 11 is 0. The van der Waals surface area contributed by atoms with Crippen LogP contribution >= 0.6 is 0 Å². The van der Waals surface area contributed by atoms with Gasteiger partial charge >= 0.3 is 0 Å². The van der Waals surface area contributed by atoms with Crippen molar-refractivity contribution in [2.24, 2.45) is 0 Å². The van der Waals surface area contributed by atoms with Crippen LogP contribution in [0.15, 0.2) is 18.2 Å². The molecule has 14 heavy (non-hydrogen) atoms. The lowest BCUT2D eigenvalue weighted by Gasteiger charge is -2.05. The Bertz CT molecular complexity index is 402. The number of terminal acetylenes is 2. The maximum atomic E-state index is 9.20. The Kier molecular flexibility index (Phi) is 3.35. The molecule has 1 heteroatoms. The molecule has 0 aliphatic rings. The van der Waals surface area contributed by atoms with Crippen molar-refractivity contribution in [3.05, 3.63) is 34.9 Å². The van der Waals surface area contributed by atoms with Gasteiger partial charge in [0.15, 0.2) is 0 Å². The van der Waals surface area contributed by atoms with Gasteiger partial charge in [-0.05, 0) is 31.0 Å². The highest BCUT2D eigenvalue weighted by atomic mass is 16.3. The Morgan fingerprint density at radius 1 is 1.29 bits per heavy atom. The Morgan fingerprint density at radius 2 is 1.93 bits per heavy atom. The molecule has 0 aromatic heterocycles. The predicted octanol–water partition coefficient (Wildman–Crippen LogP) is 1.57. The Labute approximate surface area is 84.8 Å². The van der Waals surface area contributed by atoms with Gasteiger partial charge in [0.1, 0.15) is 0 Å². The highest BCUT2D eigenvalue weighted by molar-refractivity contribution is 5.50. The predicted molar refractivity (Wildman–Crippen MR) is 57.7 cm³/mol. The summed E-state index contributed by atoms with van der Waals surface area (Å²) in [5.41, 5.74) is 2.44. The third kappa shape index (κ3) is 2.39. The van der Waals surface area contributed by atoms with E-state index in [1.165, 1.54) is 0 Å². The van der Waals surface area contributed by atoms with Crippen LogP contribution in [0, 0.1) is 24.7 Å². The molecule has 0 saturated carbocycles. The van der Waals surface area contributed by atoms with E-state index in [1.54, 1.807) is 6.92 Å². The zero-order valence-corrected chi connectivity index (χ0v) is 8.12. The van der Waals surface area contributed by atoms with Crippen molar-refractivity contribution < 1.29 is 5.11 Å². The van der Waals surface area contributed by atoms with Gasteiger partial charge in [-0.2, -0.15) is 0 Å². The molecule has 0 aliphatic heterocycles. The molecule has 1 aromatic rings. The maximum absolute atomic E-state index is 9.20. The molecule has 1 atom stereocenters.